The van der Waals surface area contributed by atoms with E-state index in [9.17, 15) is 9.59 Å². The van der Waals surface area contributed by atoms with Gasteiger partial charge in [-0.3, -0.25) is 9.59 Å². The molecule has 0 atom stereocenters. The third kappa shape index (κ3) is 4.29. The molecule has 0 bridgehead atoms. The highest BCUT2D eigenvalue weighted by Gasteiger charge is 2.18. The first-order chi connectivity index (χ1) is 7.24. The Morgan fingerprint density at radius 1 is 1.20 bits per heavy atom. The van der Waals surface area contributed by atoms with E-state index in [1.165, 1.54) is 6.42 Å². The zero-order valence-electron chi connectivity index (χ0n) is 8.87. The molecule has 0 aromatic rings. The Hall–Kier alpha value is -1.10. The van der Waals surface area contributed by atoms with Crippen molar-refractivity contribution in [1.82, 2.24) is 10.2 Å². The molecule has 1 aliphatic heterocycles. The molecule has 0 aromatic heterocycles. The van der Waals surface area contributed by atoms with Crippen molar-refractivity contribution >= 4 is 11.8 Å². The molecule has 1 fully saturated rings. The molecule has 2 amide bonds. The lowest BCUT2D eigenvalue weighted by atomic mass is 10.1. The van der Waals surface area contributed by atoms with Gasteiger partial charge in [-0.15, -0.1) is 0 Å². The van der Waals surface area contributed by atoms with Gasteiger partial charge in [-0.1, -0.05) is 0 Å². The molecule has 1 saturated heterocycles. The SMILES string of the molecule is O=C(CC(=O)N1CCCCC1)NCCO. The fourth-order valence-electron chi connectivity index (χ4n) is 1.65. The van der Waals surface area contributed by atoms with Crippen molar-refractivity contribution in [3.63, 3.8) is 0 Å². The van der Waals surface area contributed by atoms with Gasteiger partial charge < -0.3 is 15.3 Å². The Morgan fingerprint density at radius 3 is 2.47 bits per heavy atom. The maximum atomic E-state index is 11.6. The fraction of sp³-hybridized carbons (Fsp3) is 0.800. The van der Waals surface area contributed by atoms with E-state index in [0.717, 1.165) is 25.9 Å². The molecule has 1 rings (SSSR count). The van der Waals surface area contributed by atoms with Gasteiger partial charge in [0.25, 0.3) is 0 Å². The van der Waals surface area contributed by atoms with Gasteiger partial charge in [0.05, 0.1) is 6.61 Å². The van der Waals surface area contributed by atoms with Crippen LogP contribution in [-0.4, -0.2) is 48.1 Å². The summed E-state index contributed by atoms with van der Waals surface area (Å²) in [6.07, 6.45) is 3.13. The second-order valence-corrected chi connectivity index (χ2v) is 3.69. The van der Waals surface area contributed by atoms with E-state index in [1.54, 1.807) is 4.90 Å². The van der Waals surface area contributed by atoms with Gasteiger partial charge in [0.2, 0.25) is 11.8 Å². The Bertz CT molecular complexity index is 225. The van der Waals surface area contributed by atoms with Gasteiger partial charge in [0.1, 0.15) is 6.42 Å². The lowest BCUT2D eigenvalue weighted by Gasteiger charge is -2.26. The van der Waals surface area contributed by atoms with Crippen molar-refractivity contribution in [3.8, 4) is 0 Å². The van der Waals surface area contributed by atoms with Crippen LogP contribution in [0.3, 0.4) is 0 Å². The first-order valence-electron chi connectivity index (χ1n) is 5.39. The second kappa shape index (κ2) is 6.40. The van der Waals surface area contributed by atoms with Gasteiger partial charge in [-0.25, -0.2) is 0 Å². The normalized spacial score (nSPS) is 16.2. The first-order valence-corrected chi connectivity index (χ1v) is 5.39. The number of carbonyl (C=O) groups excluding carboxylic acids is 2. The first kappa shape index (κ1) is 12.0. The zero-order chi connectivity index (χ0) is 11.1. The maximum absolute atomic E-state index is 11.6. The number of amides is 2. The van der Waals surface area contributed by atoms with Gasteiger partial charge in [-0.2, -0.15) is 0 Å². The van der Waals surface area contributed by atoms with Crippen LogP contribution in [0.15, 0.2) is 0 Å². The molecule has 5 nitrogen and oxygen atoms in total. The molecule has 0 saturated carbocycles. The van der Waals surface area contributed by atoms with Crippen LogP contribution >= 0.6 is 0 Å². The van der Waals surface area contributed by atoms with Crippen LogP contribution in [0.2, 0.25) is 0 Å². The molecule has 0 unspecified atom stereocenters. The highest BCUT2D eigenvalue weighted by Crippen LogP contribution is 2.09. The van der Waals surface area contributed by atoms with Crippen LogP contribution in [0.1, 0.15) is 25.7 Å². The van der Waals surface area contributed by atoms with Crippen LogP contribution in [0, 0.1) is 0 Å². The highest BCUT2D eigenvalue weighted by molar-refractivity contribution is 5.96. The lowest BCUT2D eigenvalue weighted by molar-refractivity contribution is -0.136. The molecule has 5 heteroatoms. The number of rotatable bonds is 4. The predicted molar refractivity (Wildman–Crippen MR) is 55.1 cm³/mol. The molecule has 0 aliphatic carbocycles. The Kier molecular flexibility index (Phi) is 5.10. The molecule has 0 radical (unpaired) electrons. The summed E-state index contributed by atoms with van der Waals surface area (Å²) in [4.78, 5) is 24.5. The van der Waals surface area contributed by atoms with Crippen molar-refractivity contribution in [3.05, 3.63) is 0 Å². The molecule has 86 valence electrons. The van der Waals surface area contributed by atoms with Crippen LogP contribution in [0.4, 0.5) is 0 Å². The summed E-state index contributed by atoms with van der Waals surface area (Å²) in [7, 11) is 0. The molecule has 1 heterocycles. The van der Waals surface area contributed by atoms with E-state index in [1.807, 2.05) is 0 Å². The van der Waals surface area contributed by atoms with Crippen LogP contribution in [0.25, 0.3) is 0 Å². The fourth-order valence-corrected chi connectivity index (χ4v) is 1.65. The molecular formula is C10H18N2O3. The van der Waals surface area contributed by atoms with Crippen LogP contribution in [-0.2, 0) is 9.59 Å². The van der Waals surface area contributed by atoms with Crippen LogP contribution < -0.4 is 5.32 Å². The quantitative estimate of drug-likeness (QED) is 0.620. The maximum Gasteiger partial charge on any atom is 0.232 e. The third-order valence-electron chi connectivity index (χ3n) is 2.45. The molecule has 0 aromatic carbocycles. The van der Waals surface area contributed by atoms with E-state index in [2.05, 4.69) is 5.32 Å². The molecule has 1 aliphatic rings. The molecule has 15 heavy (non-hydrogen) atoms. The van der Waals surface area contributed by atoms with E-state index >= 15 is 0 Å². The number of hydrogen-bond donors (Lipinski definition) is 2. The summed E-state index contributed by atoms with van der Waals surface area (Å²) in [5.74, 6) is -0.412. The van der Waals surface area contributed by atoms with Gasteiger partial charge >= 0.3 is 0 Å². The lowest BCUT2D eigenvalue weighted by Crippen LogP contribution is -2.39. The Morgan fingerprint density at radius 2 is 1.87 bits per heavy atom. The number of hydrogen-bond acceptors (Lipinski definition) is 3. The number of piperidine rings is 1. The van der Waals surface area contributed by atoms with E-state index < -0.39 is 0 Å². The minimum atomic E-state index is -0.306. The number of nitrogens with zero attached hydrogens (tertiary/aromatic N) is 1. The minimum absolute atomic E-state index is 0.0936. The van der Waals surface area contributed by atoms with Crippen molar-refractivity contribution in [2.24, 2.45) is 0 Å². The van der Waals surface area contributed by atoms with E-state index in [0.29, 0.717) is 0 Å². The van der Waals surface area contributed by atoms with Gasteiger partial charge in [0, 0.05) is 19.6 Å². The summed E-state index contributed by atoms with van der Waals surface area (Å²) in [6.45, 7) is 1.66. The van der Waals surface area contributed by atoms with Crippen molar-refractivity contribution in [1.29, 1.82) is 0 Å². The van der Waals surface area contributed by atoms with Crippen molar-refractivity contribution < 1.29 is 14.7 Å². The van der Waals surface area contributed by atoms with Crippen LogP contribution in [0.5, 0.6) is 0 Å². The van der Waals surface area contributed by atoms with E-state index in [4.69, 9.17) is 5.11 Å². The highest BCUT2D eigenvalue weighted by atomic mass is 16.3. The van der Waals surface area contributed by atoms with Gasteiger partial charge in [0.15, 0.2) is 0 Å². The number of carbonyl (C=O) groups is 2. The topological polar surface area (TPSA) is 69.6 Å². The van der Waals surface area contributed by atoms with Crippen molar-refractivity contribution in [2.45, 2.75) is 25.7 Å². The van der Waals surface area contributed by atoms with Crippen molar-refractivity contribution in [2.75, 3.05) is 26.2 Å². The molecular weight excluding hydrogens is 196 g/mol. The molecule has 2 N–H and O–H groups in total. The summed E-state index contributed by atoms with van der Waals surface area (Å²) < 4.78 is 0. The summed E-state index contributed by atoms with van der Waals surface area (Å²) in [5.41, 5.74) is 0. The van der Waals surface area contributed by atoms with Gasteiger partial charge in [-0.05, 0) is 19.3 Å². The summed E-state index contributed by atoms with van der Waals surface area (Å²) in [6, 6.07) is 0. The smallest absolute Gasteiger partial charge is 0.232 e. The Labute approximate surface area is 89.4 Å². The number of likely N-dealkylation sites (tertiary alicyclic amines) is 1. The van der Waals surface area contributed by atoms with E-state index in [-0.39, 0.29) is 31.4 Å². The summed E-state index contributed by atoms with van der Waals surface area (Å²) >= 11 is 0. The standard InChI is InChI=1S/C10H18N2O3/c13-7-4-11-9(14)8-10(15)12-5-2-1-3-6-12/h13H,1-8H2,(H,11,14). The average molecular weight is 214 g/mol. The Balaban J connectivity index is 2.24. The number of nitrogens with one attached hydrogen (secondary N) is 1. The largest absolute Gasteiger partial charge is 0.395 e. The summed E-state index contributed by atoms with van der Waals surface area (Å²) in [5, 5.41) is 11.0. The molecule has 0 spiro atoms. The zero-order valence-corrected chi connectivity index (χ0v) is 8.87. The second-order valence-electron chi connectivity index (χ2n) is 3.69. The monoisotopic (exact) mass is 214 g/mol. The third-order valence-corrected chi connectivity index (χ3v) is 2.45. The number of aliphatic hydroxyl groups is 1. The predicted octanol–water partition coefficient (Wildman–Crippen LogP) is -0.502. The average Bonchev–Trinajstić information content (AvgIpc) is 2.27. The minimum Gasteiger partial charge on any atom is -0.395 e. The number of aliphatic hydroxyl groups excluding tert-OH is 1.